The second-order valence-electron chi connectivity index (χ2n) is 3.35. The van der Waals surface area contributed by atoms with Gasteiger partial charge in [0.1, 0.15) is 0 Å². The second kappa shape index (κ2) is 4.13. The summed E-state index contributed by atoms with van der Waals surface area (Å²) in [4.78, 5) is 3.50. The normalized spacial score (nSPS) is 12.6. The molecule has 8 heteroatoms. The lowest BCUT2D eigenvalue weighted by molar-refractivity contribution is -0.0501. The van der Waals surface area contributed by atoms with Crippen LogP contribution in [0.15, 0.2) is 36.5 Å². The largest absolute Gasteiger partial charge is 0.534 e. The molecule has 2 aromatic rings. The number of pyridine rings is 1. The molecule has 18 heavy (non-hydrogen) atoms. The van der Waals surface area contributed by atoms with Gasteiger partial charge in [-0.3, -0.25) is 0 Å². The van der Waals surface area contributed by atoms with Gasteiger partial charge in [0.15, 0.2) is 0 Å². The third kappa shape index (κ3) is 2.37. The summed E-state index contributed by atoms with van der Waals surface area (Å²) >= 11 is 0. The molecule has 96 valence electrons. The fourth-order valence-corrected chi connectivity index (χ4v) is 1.68. The first-order valence-corrected chi connectivity index (χ1v) is 6.06. The number of rotatable bonds is 2. The van der Waals surface area contributed by atoms with E-state index in [1.807, 2.05) is 0 Å². The quantitative estimate of drug-likeness (QED) is 0.625. The molecule has 2 rings (SSSR count). The molecule has 0 saturated carbocycles. The Morgan fingerprint density at radius 3 is 2.33 bits per heavy atom. The minimum atomic E-state index is -5.68. The zero-order valence-electron chi connectivity index (χ0n) is 8.68. The van der Waals surface area contributed by atoms with Gasteiger partial charge in [-0.25, -0.2) is 4.98 Å². The van der Waals surface area contributed by atoms with E-state index in [0.717, 1.165) is 6.07 Å². The SMILES string of the molecule is O=S(=O)(Oc1cc2ccccc2cn1)C(F)(F)F. The molecule has 1 aromatic carbocycles. The highest BCUT2D eigenvalue weighted by atomic mass is 32.2. The Labute approximate surface area is 100 Å². The van der Waals surface area contributed by atoms with Gasteiger partial charge in [-0.15, -0.1) is 0 Å². The van der Waals surface area contributed by atoms with Crippen molar-refractivity contribution in [2.45, 2.75) is 5.51 Å². The highest BCUT2D eigenvalue weighted by Gasteiger charge is 2.48. The lowest BCUT2D eigenvalue weighted by atomic mass is 10.2. The summed E-state index contributed by atoms with van der Waals surface area (Å²) in [6.07, 6.45) is 1.23. The Bertz CT molecular complexity index is 682. The Morgan fingerprint density at radius 1 is 1.11 bits per heavy atom. The Morgan fingerprint density at radius 2 is 1.72 bits per heavy atom. The number of nitrogens with zero attached hydrogens (tertiary/aromatic N) is 1. The monoisotopic (exact) mass is 277 g/mol. The molecule has 1 aromatic heterocycles. The summed E-state index contributed by atoms with van der Waals surface area (Å²) in [5, 5.41) is 1.19. The molecule has 0 atom stereocenters. The van der Waals surface area contributed by atoms with Crippen molar-refractivity contribution in [1.82, 2.24) is 4.98 Å². The van der Waals surface area contributed by atoms with Gasteiger partial charge in [0.25, 0.3) is 0 Å². The van der Waals surface area contributed by atoms with E-state index in [0.29, 0.717) is 10.8 Å². The molecule has 0 amide bonds. The van der Waals surface area contributed by atoms with E-state index in [2.05, 4.69) is 9.17 Å². The standard InChI is InChI=1S/C10H6F3NO3S/c11-10(12,13)18(15,16)17-9-5-7-3-1-2-4-8(7)6-14-9/h1-6H. The van der Waals surface area contributed by atoms with Crippen molar-refractivity contribution in [2.75, 3.05) is 0 Å². The third-order valence-corrected chi connectivity index (χ3v) is 3.04. The van der Waals surface area contributed by atoms with E-state index in [-0.39, 0.29) is 0 Å². The Kier molecular flexibility index (Phi) is 2.89. The van der Waals surface area contributed by atoms with E-state index in [1.54, 1.807) is 24.3 Å². The number of halogens is 3. The number of alkyl halides is 3. The van der Waals surface area contributed by atoms with E-state index in [1.165, 1.54) is 6.20 Å². The molecule has 0 spiro atoms. The van der Waals surface area contributed by atoms with Crippen LogP contribution in [0, 0.1) is 0 Å². The van der Waals surface area contributed by atoms with E-state index in [9.17, 15) is 21.6 Å². The van der Waals surface area contributed by atoms with Gasteiger partial charge in [-0.1, -0.05) is 24.3 Å². The van der Waals surface area contributed by atoms with Gasteiger partial charge in [0.2, 0.25) is 5.88 Å². The molecular formula is C10H6F3NO3S. The van der Waals surface area contributed by atoms with Crippen LogP contribution in [-0.4, -0.2) is 18.9 Å². The Hall–Kier alpha value is -1.83. The van der Waals surface area contributed by atoms with E-state index < -0.39 is 21.5 Å². The van der Waals surface area contributed by atoms with E-state index >= 15 is 0 Å². The predicted molar refractivity (Wildman–Crippen MR) is 57.3 cm³/mol. The average Bonchev–Trinajstić information content (AvgIpc) is 2.27. The molecule has 4 nitrogen and oxygen atoms in total. The van der Waals surface area contributed by atoms with Gasteiger partial charge in [-0.2, -0.15) is 21.6 Å². The molecule has 0 fully saturated rings. The van der Waals surface area contributed by atoms with Crippen LogP contribution in [0.1, 0.15) is 0 Å². The van der Waals surface area contributed by atoms with Crippen molar-refractivity contribution in [3.05, 3.63) is 36.5 Å². The van der Waals surface area contributed by atoms with Crippen LogP contribution in [0.3, 0.4) is 0 Å². The van der Waals surface area contributed by atoms with Gasteiger partial charge < -0.3 is 4.18 Å². The first-order chi connectivity index (χ1) is 8.29. The van der Waals surface area contributed by atoms with Crippen LogP contribution < -0.4 is 4.18 Å². The van der Waals surface area contributed by atoms with Crippen molar-refractivity contribution < 1.29 is 25.8 Å². The predicted octanol–water partition coefficient (Wildman–Crippen LogP) is 2.46. The number of hydrogen-bond donors (Lipinski definition) is 0. The zero-order chi connectivity index (χ0) is 13.4. The topological polar surface area (TPSA) is 56.3 Å². The van der Waals surface area contributed by atoms with Gasteiger partial charge >= 0.3 is 15.6 Å². The molecule has 0 aliphatic rings. The minimum Gasteiger partial charge on any atom is -0.355 e. The van der Waals surface area contributed by atoms with Crippen LogP contribution in [-0.2, 0) is 10.1 Å². The zero-order valence-corrected chi connectivity index (χ0v) is 9.49. The van der Waals surface area contributed by atoms with Crippen molar-refractivity contribution >= 4 is 20.9 Å². The molecule has 0 bridgehead atoms. The summed E-state index contributed by atoms with van der Waals surface area (Å²) in [5.41, 5.74) is -5.47. The third-order valence-electron chi connectivity index (χ3n) is 2.08. The summed E-state index contributed by atoms with van der Waals surface area (Å²) in [7, 11) is -5.68. The summed E-state index contributed by atoms with van der Waals surface area (Å²) < 4.78 is 61.7. The maximum atomic E-state index is 12.1. The summed E-state index contributed by atoms with van der Waals surface area (Å²) in [6.45, 7) is 0. The van der Waals surface area contributed by atoms with Gasteiger partial charge in [-0.05, 0) is 5.39 Å². The van der Waals surface area contributed by atoms with Crippen molar-refractivity contribution in [3.63, 3.8) is 0 Å². The minimum absolute atomic E-state index is 0.528. The second-order valence-corrected chi connectivity index (χ2v) is 4.89. The van der Waals surface area contributed by atoms with Crippen LogP contribution in [0.4, 0.5) is 13.2 Å². The number of benzene rings is 1. The number of hydrogen-bond acceptors (Lipinski definition) is 4. The first kappa shape index (κ1) is 12.6. The summed E-state index contributed by atoms with van der Waals surface area (Å²) in [6, 6.07) is 7.79. The highest BCUT2D eigenvalue weighted by Crippen LogP contribution is 2.27. The molecule has 0 aliphatic carbocycles. The Balaban J connectivity index is 2.39. The smallest absolute Gasteiger partial charge is 0.355 e. The highest BCUT2D eigenvalue weighted by molar-refractivity contribution is 7.87. The maximum absolute atomic E-state index is 12.1. The van der Waals surface area contributed by atoms with Crippen LogP contribution in [0.2, 0.25) is 0 Å². The van der Waals surface area contributed by atoms with Crippen LogP contribution in [0.25, 0.3) is 10.8 Å². The fourth-order valence-electron chi connectivity index (χ4n) is 1.27. The maximum Gasteiger partial charge on any atom is 0.534 e. The van der Waals surface area contributed by atoms with Crippen molar-refractivity contribution in [1.29, 1.82) is 0 Å². The van der Waals surface area contributed by atoms with Crippen LogP contribution >= 0.6 is 0 Å². The number of fused-ring (bicyclic) bond motifs is 1. The fraction of sp³-hybridized carbons (Fsp3) is 0.100. The lowest BCUT2D eigenvalue weighted by Gasteiger charge is -2.08. The van der Waals surface area contributed by atoms with Crippen molar-refractivity contribution in [2.24, 2.45) is 0 Å². The average molecular weight is 277 g/mol. The van der Waals surface area contributed by atoms with E-state index in [4.69, 9.17) is 0 Å². The summed E-state index contributed by atoms with van der Waals surface area (Å²) in [5.74, 6) is -0.619. The molecule has 0 saturated heterocycles. The van der Waals surface area contributed by atoms with Crippen molar-refractivity contribution in [3.8, 4) is 5.88 Å². The van der Waals surface area contributed by atoms with Crippen LogP contribution in [0.5, 0.6) is 5.88 Å². The first-order valence-electron chi connectivity index (χ1n) is 4.65. The molecule has 0 aliphatic heterocycles. The lowest BCUT2D eigenvalue weighted by Crippen LogP contribution is -2.28. The molecular weight excluding hydrogens is 271 g/mol. The molecule has 0 unspecified atom stereocenters. The van der Waals surface area contributed by atoms with Gasteiger partial charge in [0, 0.05) is 17.6 Å². The molecule has 0 N–H and O–H groups in total. The van der Waals surface area contributed by atoms with Gasteiger partial charge in [0.05, 0.1) is 0 Å². The molecule has 1 heterocycles. The molecule has 0 radical (unpaired) electrons. The number of aromatic nitrogens is 1.